The molecule has 0 saturated carbocycles. The van der Waals surface area contributed by atoms with Gasteiger partial charge in [-0.2, -0.15) is 5.10 Å². The minimum Gasteiger partial charge on any atom is -0.493 e. The molecule has 108 valence electrons. The molecule has 0 fully saturated rings. The minimum atomic E-state index is 0.222. The van der Waals surface area contributed by atoms with Gasteiger partial charge in [-0.1, -0.05) is 13.0 Å². The number of methoxy groups -OCH3 is 2. The summed E-state index contributed by atoms with van der Waals surface area (Å²) in [7, 11) is 3.28. The Labute approximate surface area is 118 Å². The van der Waals surface area contributed by atoms with E-state index < -0.39 is 0 Å². The first-order valence-corrected chi connectivity index (χ1v) is 6.58. The third-order valence-electron chi connectivity index (χ3n) is 3.20. The molecule has 0 radical (unpaired) electrons. The van der Waals surface area contributed by atoms with Gasteiger partial charge in [0.05, 0.1) is 20.8 Å². The topological polar surface area (TPSA) is 72.1 Å². The summed E-state index contributed by atoms with van der Waals surface area (Å²) in [6, 6.07) is 6.19. The number of aromatic amines is 1. The number of benzene rings is 1. The predicted octanol–water partition coefficient (Wildman–Crippen LogP) is 2.06. The standard InChI is InChI=1S/C14H20N4O2/c1-4-11(15-8-14-16-9-17-18-14)10-5-6-12(19-2)13(7-10)20-3/h5-7,9,11,15H,4,8H2,1-3H3,(H,16,17,18). The van der Waals surface area contributed by atoms with Gasteiger partial charge in [0, 0.05) is 6.04 Å². The number of H-pyrrole nitrogens is 1. The van der Waals surface area contributed by atoms with Crippen LogP contribution >= 0.6 is 0 Å². The van der Waals surface area contributed by atoms with Crippen molar-refractivity contribution in [2.24, 2.45) is 0 Å². The lowest BCUT2D eigenvalue weighted by molar-refractivity contribution is 0.353. The summed E-state index contributed by atoms with van der Waals surface area (Å²) in [5.41, 5.74) is 1.16. The van der Waals surface area contributed by atoms with Crippen LogP contribution in [0, 0.1) is 0 Å². The molecule has 6 heteroatoms. The fourth-order valence-electron chi connectivity index (χ4n) is 2.10. The summed E-state index contributed by atoms with van der Waals surface area (Å²) in [5, 5.41) is 10.1. The molecule has 2 aromatic rings. The Morgan fingerprint density at radius 3 is 2.65 bits per heavy atom. The maximum Gasteiger partial charge on any atom is 0.161 e. The molecule has 20 heavy (non-hydrogen) atoms. The fourth-order valence-corrected chi connectivity index (χ4v) is 2.10. The van der Waals surface area contributed by atoms with Gasteiger partial charge in [0.1, 0.15) is 12.2 Å². The molecule has 0 bridgehead atoms. The summed E-state index contributed by atoms with van der Waals surface area (Å²) in [5.74, 6) is 2.30. The number of ether oxygens (including phenoxy) is 2. The van der Waals surface area contributed by atoms with Gasteiger partial charge in [0.2, 0.25) is 0 Å². The SMILES string of the molecule is CCC(NCc1ncn[nH]1)c1ccc(OC)c(OC)c1. The van der Waals surface area contributed by atoms with Gasteiger partial charge in [0.15, 0.2) is 11.5 Å². The van der Waals surface area contributed by atoms with E-state index in [0.29, 0.717) is 6.54 Å². The van der Waals surface area contributed by atoms with E-state index in [0.717, 1.165) is 29.3 Å². The van der Waals surface area contributed by atoms with E-state index in [2.05, 4.69) is 27.4 Å². The van der Waals surface area contributed by atoms with Crippen LogP contribution in [0.4, 0.5) is 0 Å². The Hall–Kier alpha value is -2.08. The molecule has 0 amide bonds. The Balaban J connectivity index is 2.10. The van der Waals surface area contributed by atoms with Crippen molar-refractivity contribution >= 4 is 0 Å². The third-order valence-corrected chi connectivity index (χ3v) is 3.20. The van der Waals surface area contributed by atoms with Crippen LogP contribution in [-0.2, 0) is 6.54 Å². The van der Waals surface area contributed by atoms with Crippen LogP contribution in [0.3, 0.4) is 0 Å². The Bertz CT molecular complexity index is 528. The summed E-state index contributed by atoms with van der Waals surface area (Å²) in [4.78, 5) is 4.10. The van der Waals surface area contributed by atoms with Crippen molar-refractivity contribution in [1.82, 2.24) is 20.5 Å². The van der Waals surface area contributed by atoms with Gasteiger partial charge in [-0.05, 0) is 24.1 Å². The first-order chi connectivity index (χ1) is 9.78. The Morgan fingerprint density at radius 1 is 1.25 bits per heavy atom. The normalized spacial score (nSPS) is 12.2. The van der Waals surface area contributed by atoms with Crippen LogP contribution in [0.25, 0.3) is 0 Å². The van der Waals surface area contributed by atoms with Gasteiger partial charge in [-0.15, -0.1) is 0 Å². The second kappa shape index (κ2) is 6.91. The van der Waals surface area contributed by atoms with Crippen molar-refractivity contribution in [3.63, 3.8) is 0 Å². The van der Waals surface area contributed by atoms with Crippen LogP contribution in [0.15, 0.2) is 24.5 Å². The molecule has 1 heterocycles. The lowest BCUT2D eigenvalue weighted by atomic mass is 10.0. The summed E-state index contributed by atoms with van der Waals surface area (Å²) in [6.45, 7) is 2.78. The number of hydrogen-bond donors (Lipinski definition) is 2. The van der Waals surface area contributed by atoms with E-state index in [4.69, 9.17) is 9.47 Å². The summed E-state index contributed by atoms with van der Waals surface area (Å²) < 4.78 is 10.6. The van der Waals surface area contributed by atoms with Crippen LogP contribution in [-0.4, -0.2) is 29.4 Å². The molecule has 0 aliphatic rings. The molecule has 1 atom stereocenters. The number of nitrogens with zero attached hydrogens (tertiary/aromatic N) is 2. The highest BCUT2D eigenvalue weighted by Crippen LogP contribution is 2.30. The van der Waals surface area contributed by atoms with E-state index in [-0.39, 0.29) is 6.04 Å². The average Bonchev–Trinajstić information content (AvgIpc) is 3.01. The zero-order valence-electron chi connectivity index (χ0n) is 12.0. The molecular weight excluding hydrogens is 256 g/mol. The van der Waals surface area contributed by atoms with Crippen LogP contribution in [0.1, 0.15) is 30.8 Å². The average molecular weight is 276 g/mol. The molecule has 1 unspecified atom stereocenters. The first-order valence-electron chi connectivity index (χ1n) is 6.58. The predicted molar refractivity (Wildman–Crippen MR) is 75.8 cm³/mol. The van der Waals surface area contributed by atoms with E-state index >= 15 is 0 Å². The largest absolute Gasteiger partial charge is 0.493 e. The van der Waals surface area contributed by atoms with Crippen molar-refractivity contribution in [1.29, 1.82) is 0 Å². The highest BCUT2D eigenvalue weighted by Gasteiger charge is 2.12. The minimum absolute atomic E-state index is 0.222. The van der Waals surface area contributed by atoms with Gasteiger partial charge in [-0.25, -0.2) is 4.98 Å². The molecule has 0 aliphatic carbocycles. The monoisotopic (exact) mass is 276 g/mol. The maximum absolute atomic E-state index is 5.34. The van der Waals surface area contributed by atoms with Gasteiger partial charge in [-0.3, -0.25) is 5.10 Å². The van der Waals surface area contributed by atoms with E-state index in [1.807, 2.05) is 18.2 Å². The quantitative estimate of drug-likeness (QED) is 0.810. The maximum atomic E-state index is 5.34. The molecule has 2 N–H and O–H groups in total. The Kier molecular flexibility index (Phi) is 4.95. The van der Waals surface area contributed by atoms with Crippen molar-refractivity contribution in [2.75, 3.05) is 14.2 Å². The van der Waals surface area contributed by atoms with Gasteiger partial charge in [0.25, 0.3) is 0 Å². The van der Waals surface area contributed by atoms with Crippen LogP contribution < -0.4 is 14.8 Å². The van der Waals surface area contributed by atoms with Crippen molar-refractivity contribution in [3.05, 3.63) is 35.9 Å². The van der Waals surface area contributed by atoms with Crippen molar-refractivity contribution < 1.29 is 9.47 Å². The highest BCUT2D eigenvalue weighted by molar-refractivity contribution is 5.43. The number of nitrogens with one attached hydrogen (secondary N) is 2. The second-order valence-corrected chi connectivity index (χ2v) is 4.39. The smallest absolute Gasteiger partial charge is 0.161 e. The molecule has 6 nitrogen and oxygen atoms in total. The van der Waals surface area contributed by atoms with Crippen molar-refractivity contribution in [3.8, 4) is 11.5 Å². The molecule has 2 rings (SSSR count). The van der Waals surface area contributed by atoms with E-state index in [1.54, 1.807) is 14.2 Å². The fraction of sp³-hybridized carbons (Fsp3) is 0.429. The lowest BCUT2D eigenvalue weighted by Crippen LogP contribution is -2.21. The zero-order chi connectivity index (χ0) is 14.4. The summed E-state index contributed by atoms with van der Waals surface area (Å²) in [6.07, 6.45) is 2.47. The molecule has 1 aromatic carbocycles. The molecular formula is C14H20N4O2. The van der Waals surface area contributed by atoms with E-state index in [9.17, 15) is 0 Å². The molecule has 1 aromatic heterocycles. The number of rotatable bonds is 7. The third kappa shape index (κ3) is 3.27. The molecule has 0 aliphatic heterocycles. The van der Waals surface area contributed by atoms with E-state index in [1.165, 1.54) is 6.33 Å². The second-order valence-electron chi connectivity index (χ2n) is 4.39. The highest BCUT2D eigenvalue weighted by atomic mass is 16.5. The zero-order valence-corrected chi connectivity index (χ0v) is 12.0. The molecule has 0 spiro atoms. The lowest BCUT2D eigenvalue weighted by Gasteiger charge is -2.18. The Morgan fingerprint density at radius 2 is 2.05 bits per heavy atom. The van der Waals surface area contributed by atoms with Gasteiger partial charge < -0.3 is 14.8 Å². The molecule has 0 saturated heterocycles. The number of aromatic nitrogens is 3. The van der Waals surface area contributed by atoms with Crippen molar-refractivity contribution in [2.45, 2.75) is 25.9 Å². The van der Waals surface area contributed by atoms with Crippen LogP contribution in [0.5, 0.6) is 11.5 Å². The van der Waals surface area contributed by atoms with Crippen LogP contribution in [0.2, 0.25) is 0 Å². The first kappa shape index (κ1) is 14.3. The number of hydrogen-bond acceptors (Lipinski definition) is 5. The summed E-state index contributed by atoms with van der Waals surface area (Å²) >= 11 is 0. The van der Waals surface area contributed by atoms with Gasteiger partial charge >= 0.3 is 0 Å².